The molecule has 0 aliphatic heterocycles. The first kappa shape index (κ1) is 16.3. The van der Waals surface area contributed by atoms with E-state index < -0.39 is 10.0 Å². The summed E-state index contributed by atoms with van der Waals surface area (Å²) in [6, 6.07) is 11.8. The van der Waals surface area contributed by atoms with Crippen LogP contribution in [0.1, 0.15) is 5.56 Å². The molecule has 21 heavy (non-hydrogen) atoms. The molecular weight excluding hydrogens is 376 g/mol. The summed E-state index contributed by atoms with van der Waals surface area (Å²) in [6.45, 7) is 0.462. The zero-order chi connectivity index (χ0) is 15.5. The molecule has 0 aliphatic carbocycles. The molecule has 0 bridgehead atoms. The molecule has 0 spiro atoms. The SMILES string of the molecule is CNCc1ccccc1S(=O)(=O)Nc1cc(Br)ccc1Cl. The van der Waals surface area contributed by atoms with Gasteiger partial charge >= 0.3 is 0 Å². The number of anilines is 1. The molecule has 0 amide bonds. The molecule has 112 valence electrons. The number of sulfonamides is 1. The van der Waals surface area contributed by atoms with Crippen LogP contribution in [0.25, 0.3) is 0 Å². The highest BCUT2D eigenvalue weighted by molar-refractivity contribution is 9.10. The minimum atomic E-state index is -3.70. The number of nitrogens with one attached hydrogen (secondary N) is 2. The maximum atomic E-state index is 12.5. The Hall–Kier alpha value is -1.08. The molecule has 0 fully saturated rings. The summed E-state index contributed by atoms with van der Waals surface area (Å²) in [7, 11) is -1.93. The van der Waals surface area contributed by atoms with Crippen molar-refractivity contribution in [3.8, 4) is 0 Å². The number of halogens is 2. The Labute approximate surface area is 137 Å². The first-order valence-corrected chi connectivity index (χ1v) is 8.80. The summed E-state index contributed by atoms with van der Waals surface area (Å²) >= 11 is 9.33. The third-order valence-corrected chi connectivity index (χ3v) is 5.09. The Morgan fingerprint density at radius 3 is 2.62 bits per heavy atom. The lowest BCUT2D eigenvalue weighted by atomic mass is 10.2. The first-order chi connectivity index (χ1) is 9.94. The molecule has 0 saturated heterocycles. The van der Waals surface area contributed by atoms with E-state index in [-0.39, 0.29) is 4.90 Å². The van der Waals surface area contributed by atoms with E-state index in [0.29, 0.717) is 22.8 Å². The van der Waals surface area contributed by atoms with Crippen molar-refractivity contribution >= 4 is 43.2 Å². The van der Waals surface area contributed by atoms with Crippen molar-refractivity contribution in [3.63, 3.8) is 0 Å². The average Bonchev–Trinajstić information content (AvgIpc) is 2.43. The maximum Gasteiger partial charge on any atom is 0.262 e. The Bertz CT molecular complexity index is 750. The van der Waals surface area contributed by atoms with Crippen molar-refractivity contribution in [2.24, 2.45) is 0 Å². The van der Waals surface area contributed by atoms with E-state index in [0.717, 1.165) is 4.47 Å². The summed E-state index contributed by atoms with van der Waals surface area (Å²) in [4.78, 5) is 0.232. The van der Waals surface area contributed by atoms with E-state index in [2.05, 4.69) is 26.0 Å². The maximum absolute atomic E-state index is 12.5. The summed E-state index contributed by atoms with van der Waals surface area (Å²) < 4.78 is 28.4. The van der Waals surface area contributed by atoms with Crippen molar-refractivity contribution in [3.05, 3.63) is 57.5 Å². The van der Waals surface area contributed by atoms with Crippen molar-refractivity contribution < 1.29 is 8.42 Å². The highest BCUT2D eigenvalue weighted by Gasteiger charge is 2.19. The molecule has 0 heterocycles. The van der Waals surface area contributed by atoms with Crippen molar-refractivity contribution in [2.45, 2.75) is 11.4 Å². The van der Waals surface area contributed by atoms with Crippen molar-refractivity contribution in [1.82, 2.24) is 5.32 Å². The molecule has 0 saturated carbocycles. The predicted octanol–water partition coefficient (Wildman–Crippen LogP) is 3.62. The van der Waals surface area contributed by atoms with Crippen LogP contribution >= 0.6 is 27.5 Å². The number of hydrogen-bond donors (Lipinski definition) is 2. The van der Waals surface area contributed by atoms with Gasteiger partial charge in [-0.25, -0.2) is 8.42 Å². The normalized spacial score (nSPS) is 11.4. The van der Waals surface area contributed by atoms with E-state index in [1.807, 2.05) is 0 Å². The summed E-state index contributed by atoms with van der Waals surface area (Å²) in [5.41, 5.74) is 1.03. The van der Waals surface area contributed by atoms with Crippen LogP contribution in [-0.2, 0) is 16.6 Å². The predicted molar refractivity (Wildman–Crippen MR) is 89.2 cm³/mol. The van der Waals surface area contributed by atoms with Crippen LogP contribution < -0.4 is 10.0 Å². The van der Waals surface area contributed by atoms with Gasteiger partial charge < -0.3 is 5.32 Å². The molecule has 0 aliphatic rings. The second-order valence-electron chi connectivity index (χ2n) is 4.37. The van der Waals surface area contributed by atoms with E-state index in [4.69, 9.17) is 11.6 Å². The second-order valence-corrected chi connectivity index (χ2v) is 7.34. The fourth-order valence-corrected chi connectivity index (χ4v) is 3.77. The molecule has 2 aromatic carbocycles. The molecule has 0 radical (unpaired) electrons. The minimum absolute atomic E-state index is 0.232. The van der Waals surface area contributed by atoms with Crippen LogP contribution in [0.3, 0.4) is 0 Å². The average molecular weight is 390 g/mol. The molecular formula is C14H14BrClN2O2S. The van der Waals surface area contributed by atoms with Gasteiger partial charge in [0.15, 0.2) is 0 Å². The zero-order valence-electron chi connectivity index (χ0n) is 11.2. The van der Waals surface area contributed by atoms with Gasteiger partial charge in [-0.1, -0.05) is 45.7 Å². The standard InChI is InChI=1S/C14H14BrClN2O2S/c1-17-9-10-4-2-3-5-14(10)21(19,20)18-13-8-11(15)6-7-12(13)16/h2-8,17-18H,9H2,1H3. The van der Waals surface area contributed by atoms with Crippen LogP contribution in [0.15, 0.2) is 51.8 Å². The molecule has 2 aromatic rings. The molecule has 2 rings (SSSR count). The van der Waals surface area contributed by atoms with Gasteiger partial charge in [-0.3, -0.25) is 4.72 Å². The lowest BCUT2D eigenvalue weighted by Gasteiger charge is -2.13. The minimum Gasteiger partial charge on any atom is -0.316 e. The lowest BCUT2D eigenvalue weighted by Crippen LogP contribution is -2.17. The number of hydrogen-bond acceptors (Lipinski definition) is 3. The largest absolute Gasteiger partial charge is 0.316 e. The molecule has 4 nitrogen and oxygen atoms in total. The highest BCUT2D eigenvalue weighted by Crippen LogP contribution is 2.28. The number of benzene rings is 2. The molecule has 2 N–H and O–H groups in total. The Balaban J connectivity index is 2.41. The first-order valence-electron chi connectivity index (χ1n) is 6.14. The molecule has 0 aromatic heterocycles. The van der Waals surface area contributed by atoms with E-state index in [9.17, 15) is 8.42 Å². The highest BCUT2D eigenvalue weighted by atomic mass is 79.9. The summed E-state index contributed by atoms with van der Waals surface area (Å²) in [5.74, 6) is 0. The lowest BCUT2D eigenvalue weighted by molar-refractivity contribution is 0.599. The van der Waals surface area contributed by atoms with Gasteiger partial charge in [0, 0.05) is 11.0 Å². The van der Waals surface area contributed by atoms with E-state index in [1.165, 1.54) is 0 Å². The van der Waals surface area contributed by atoms with Crippen LogP contribution in [0, 0.1) is 0 Å². The van der Waals surface area contributed by atoms with E-state index in [1.54, 1.807) is 49.5 Å². The Morgan fingerprint density at radius 2 is 1.90 bits per heavy atom. The monoisotopic (exact) mass is 388 g/mol. The fourth-order valence-electron chi connectivity index (χ4n) is 1.88. The van der Waals surface area contributed by atoms with Gasteiger partial charge in [0.05, 0.1) is 15.6 Å². The molecule has 7 heteroatoms. The Morgan fingerprint density at radius 1 is 1.19 bits per heavy atom. The van der Waals surface area contributed by atoms with Crippen LogP contribution in [0.4, 0.5) is 5.69 Å². The van der Waals surface area contributed by atoms with Crippen molar-refractivity contribution in [1.29, 1.82) is 0 Å². The van der Waals surface area contributed by atoms with Gasteiger partial charge in [0.1, 0.15) is 0 Å². The van der Waals surface area contributed by atoms with Crippen LogP contribution in [0.2, 0.25) is 5.02 Å². The third-order valence-electron chi connectivity index (χ3n) is 2.80. The number of rotatable bonds is 5. The van der Waals surface area contributed by atoms with Crippen LogP contribution in [0.5, 0.6) is 0 Å². The summed E-state index contributed by atoms with van der Waals surface area (Å²) in [6.07, 6.45) is 0. The van der Waals surface area contributed by atoms with Gasteiger partial charge in [0.25, 0.3) is 10.0 Å². The van der Waals surface area contributed by atoms with Gasteiger partial charge in [-0.2, -0.15) is 0 Å². The van der Waals surface area contributed by atoms with Gasteiger partial charge in [-0.05, 0) is 36.9 Å². The smallest absolute Gasteiger partial charge is 0.262 e. The molecule has 0 unspecified atom stereocenters. The molecule has 0 atom stereocenters. The fraction of sp³-hybridized carbons (Fsp3) is 0.143. The topological polar surface area (TPSA) is 58.2 Å². The summed E-state index contributed by atoms with van der Waals surface area (Å²) in [5, 5.41) is 3.30. The zero-order valence-corrected chi connectivity index (χ0v) is 14.4. The second kappa shape index (κ2) is 6.79. The quantitative estimate of drug-likeness (QED) is 0.821. The third kappa shape index (κ3) is 3.97. The Kier molecular flexibility index (Phi) is 5.27. The van der Waals surface area contributed by atoms with Crippen LogP contribution in [-0.4, -0.2) is 15.5 Å². The van der Waals surface area contributed by atoms with E-state index >= 15 is 0 Å². The van der Waals surface area contributed by atoms with Crippen molar-refractivity contribution in [2.75, 3.05) is 11.8 Å². The van der Waals surface area contributed by atoms with Gasteiger partial charge in [-0.15, -0.1) is 0 Å². The van der Waals surface area contributed by atoms with Gasteiger partial charge in [0.2, 0.25) is 0 Å².